The first kappa shape index (κ1) is 14.5. The molecule has 0 atom stereocenters. The molecule has 1 saturated carbocycles. The van der Waals surface area contributed by atoms with Crippen LogP contribution in [0.4, 0.5) is 5.69 Å². The molecule has 5 nitrogen and oxygen atoms in total. The summed E-state index contributed by atoms with van der Waals surface area (Å²) in [6.07, 6.45) is 4.87. The molecule has 7 heteroatoms. The van der Waals surface area contributed by atoms with Crippen molar-refractivity contribution in [2.45, 2.75) is 30.3 Å². The maximum Gasteiger partial charge on any atom is 0.247 e. The van der Waals surface area contributed by atoms with E-state index in [1.54, 1.807) is 35.0 Å². The van der Waals surface area contributed by atoms with E-state index in [9.17, 15) is 8.42 Å². The summed E-state index contributed by atoms with van der Waals surface area (Å²) in [4.78, 5) is 5.28. The Balaban J connectivity index is 1.97. The van der Waals surface area contributed by atoms with Crippen LogP contribution >= 0.6 is 11.3 Å². The lowest BCUT2D eigenvalue weighted by atomic mass is 10.4. The number of thiophene rings is 1. The molecule has 1 aliphatic carbocycles. The van der Waals surface area contributed by atoms with Crippen LogP contribution in [0.3, 0.4) is 0 Å². The van der Waals surface area contributed by atoms with Crippen molar-refractivity contribution in [2.24, 2.45) is 0 Å². The molecule has 112 valence electrons. The van der Waals surface area contributed by atoms with Crippen molar-refractivity contribution in [1.29, 1.82) is 0 Å². The van der Waals surface area contributed by atoms with Crippen molar-refractivity contribution < 1.29 is 8.42 Å². The number of pyridine rings is 1. The second kappa shape index (κ2) is 5.75. The van der Waals surface area contributed by atoms with Crippen LogP contribution in [0.25, 0.3) is 0 Å². The van der Waals surface area contributed by atoms with Gasteiger partial charge in [-0.05, 0) is 30.4 Å². The molecule has 0 bridgehead atoms. The summed E-state index contributed by atoms with van der Waals surface area (Å²) >= 11 is 1.58. The number of nitrogens with zero attached hydrogens (tertiary/aromatic N) is 2. The van der Waals surface area contributed by atoms with Crippen LogP contribution in [0, 0.1) is 0 Å². The molecule has 0 radical (unpaired) electrons. The fourth-order valence-electron chi connectivity index (χ4n) is 2.25. The van der Waals surface area contributed by atoms with Gasteiger partial charge in [-0.25, -0.2) is 8.42 Å². The highest BCUT2D eigenvalue weighted by Crippen LogP contribution is 2.35. The van der Waals surface area contributed by atoms with Crippen LogP contribution in [0.15, 0.2) is 40.9 Å². The minimum absolute atomic E-state index is 0.113. The zero-order chi connectivity index (χ0) is 14.9. The van der Waals surface area contributed by atoms with Crippen LogP contribution in [-0.2, 0) is 16.6 Å². The van der Waals surface area contributed by atoms with Gasteiger partial charge in [-0.15, -0.1) is 11.3 Å². The third-order valence-corrected chi connectivity index (χ3v) is 6.27. The molecule has 1 fully saturated rings. The standard InChI is InChI=1S/C14H17N3O2S2/c1-15-13-6-7-16-9-14(13)21(18,19)17(11-4-5-11)10-12-3-2-8-20-12/h2-3,6-9,11H,4-5,10H2,1H3,(H,15,16). The Bertz CT molecular complexity index is 710. The predicted molar refractivity (Wildman–Crippen MR) is 83.9 cm³/mol. The van der Waals surface area contributed by atoms with E-state index in [-0.39, 0.29) is 10.9 Å². The van der Waals surface area contributed by atoms with Crippen LogP contribution < -0.4 is 5.32 Å². The summed E-state index contributed by atoms with van der Waals surface area (Å²) in [6, 6.07) is 5.71. The minimum atomic E-state index is -3.54. The van der Waals surface area contributed by atoms with E-state index in [2.05, 4.69) is 10.3 Å². The van der Waals surface area contributed by atoms with Gasteiger partial charge >= 0.3 is 0 Å². The maximum absolute atomic E-state index is 13.0. The lowest BCUT2D eigenvalue weighted by Gasteiger charge is -2.22. The number of hydrogen-bond acceptors (Lipinski definition) is 5. The van der Waals surface area contributed by atoms with Gasteiger partial charge in [0.05, 0.1) is 5.69 Å². The molecule has 2 heterocycles. The lowest BCUT2D eigenvalue weighted by Crippen LogP contribution is -2.32. The lowest BCUT2D eigenvalue weighted by molar-refractivity contribution is 0.401. The second-order valence-electron chi connectivity index (χ2n) is 4.98. The van der Waals surface area contributed by atoms with Crippen molar-refractivity contribution in [3.05, 3.63) is 40.8 Å². The van der Waals surface area contributed by atoms with Crippen molar-refractivity contribution in [2.75, 3.05) is 12.4 Å². The molecule has 0 saturated heterocycles. The molecule has 1 N–H and O–H groups in total. The van der Waals surface area contributed by atoms with E-state index in [1.165, 1.54) is 6.20 Å². The Hall–Kier alpha value is -1.44. The van der Waals surface area contributed by atoms with Gasteiger partial charge in [-0.2, -0.15) is 4.31 Å². The molecule has 2 aromatic heterocycles. The molecular formula is C14H17N3O2S2. The quantitative estimate of drug-likeness (QED) is 0.887. The molecule has 0 unspecified atom stereocenters. The van der Waals surface area contributed by atoms with Crippen molar-refractivity contribution >= 4 is 27.0 Å². The molecule has 0 amide bonds. The summed E-state index contributed by atoms with van der Waals surface area (Å²) in [7, 11) is -1.82. The van der Waals surface area contributed by atoms with Crippen molar-refractivity contribution in [3.8, 4) is 0 Å². The third kappa shape index (κ3) is 2.95. The molecule has 0 aromatic carbocycles. The fourth-order valence-corrected chi connectivity index (χ4v) is 4.84. The Morgan fingerprint density at radius 1 is 1.43 bits per heavy atom. The summed E-state index contributed by atoms with van der Waals surface area (Å²) in [5.41, 5.74) is 0.585. The normalized spacial score (nSPS) is 15.3. The van der Waals surface area contributed by atoms with E-state index in [1.807, 2.05) is 17.5 Å². The Labute approximate surface area is 128 Å². The highest BCUT2D eigenvalue weighted by molar-refractivity contribution is 7.89. The van der Waals surface area contributed by atoms with Crippen molar-refractivity contribution in [3.63, 3.8) is 0 Å². The van der Waals surface area contributed by atoms with Gasteiger partial charge in [0.1, 0.15) is 4.90 Å². The number of anilines is 1. The zero-order valence-corrected chi connectivity index (χ0v) is 13.3. The molecule has 3 rings (SSSR count). The van der Waals surface area contributed by atoms with Crippen LogP contribution in [0.5, 0.6) is 0 Å². The summed E-state index contributed by atoms with van der Waals surface area (Å²) in [6.45, 7) is 0.433. The number of sulfonamides is 1. The highest BCUT2D eigenvalue weighted by atomic mass is 32.2. The summed E-state index contributed by atoms with van der Waals surface area (Å²) in [5, 5.41) is 4.90. The Kier molecular flexibility index (Phi) is 3.97. The van der Waals surface area contributed by atoms with E-state index in [0.717, 1.165) is 17.7 Å². The Morgan fingerprint density at radius 2 is 2.24 bits per heavy atom. The SMILES string of the molecule is CNc1ccncc1S(=O)(=O)N(Cc1cccs1)C1CC1. The molecular weight excluding hydrogens is 306 g/mol. The van der Waals surface area contributed by atoms with Gasteiger partial charge in [-0.1, -0.05) is 6.07 Å². The van der Waals surface area contributed by atoms with Crippen LogP contribution in [0.2, 0.25) is 0 Å². The van der Waals surface area contributed by atoms with E-state index >= 15 is 0 Å². The third-order valence-electron chi connectivity index (χ3n) is 3.49. The molecule has 1 aliphatic rings. The van der Waals surface area contributed by atoms with E-state index < -0.39 is 10.0 Å². The first-order valence-corrected chi connectivity index (χ1v) is 9.11. The van der Waals surface area contributed by atoms with Crippen LogP contribution in [-0.4, -0.2) is 30.8 Å². The molecule has 0 aliphatic heterocycles. The van der Waals surface area contributed by atoms with E-state index in [0.29, 0.717) is 12.2 Å². The fraction of sp³-hybridized carbons (Fsp3) is 0.357. The average molecular weight is 323 g/mol. The summed E-state index contributed by atoms with van der Waals surface area (Å²) in [5.74, 6) is 0. The molecule has 0 spiro atoms. The first-order chi connectivity index (χ1) is 10.1. The number of aromatic nitrogens is 1. The average Bonchev–Trinajstić information content (AvgIpc) is 3.20. The van der Waals surface area contributed by atoms with E-state index in [4.69, 9.17) is 0 Å². The van der Waals surface area contributed by atoms with Crippen molar-refractivity contribution in [1.82, 2.24) is 9.29 Å². The molecule has 2 aromatic rings. The van der Waals surface area contributed by atoms with Gasteiger partial charge in [0.25, 0.3) is 0 Å². The smallest absolute Gasteiger partial charge is 0.247 e. The largest absolute Gasteiger partial charge is 0.387 e. The second-order valence-corrected chi connectivity index (χ2v) is 7.87. The van der Waals surface area contributed by atoms with Gasteiger partial charge in [0, 0.05) is 36.9 Å². The van der Waals surface area contributed by atoms with Gasteiger partial charge in [0.2, 0.25) is 10.0 Å². The van der Waals surface area contributed by atoms with Gasteiger partial charge < -0.3 is 5.32 Å². The van der Waals surface area contributed by atoms with Gasteiger partial charge in [-0.3, -0.25) is 4.98 Å². The minimum Gasteiger partial charge on any atom is -0.387 e. The number of nitrogens with one attached hydrogen (secondary N) is 1. The Morgan fingerprint density at radius 3 is 2.86 bits per heavy atom. The number of rotatable bonds is 6. The highest BCUT2D eigenvalue weighted by Gasteiger charge is 2.39. The topological polar surface area (TPSA) is 62.3 Å². The predicted octanol–water partition coefficient (Wildman–Crippen LogP) is 2.54. The van der Waals surface area contributed by atoms with Gasteiger partial charge in [0.15, 0.2) is 0 Å². The summed E-state index contributed by atoms with van der Waals surface area (Å²) < 4.78 is 27.5. The van der Waals surface area contributed by atoms with Crippen LogP contribution in [0.1, 0.15) is 17.7 Å². The number of hydrogen-bond donors (Lipinski definition) is 1. The molecule has 21 heavy (non-hydrogen) atoms. The monoisotopic (exact) mass is 323 g/mol. The first-order valence-electron chi connectivity index (χ1n) is 6.79. The zero-order valence-electron chi connectivity index (χ0n) is 11.7. The maximum atomic E-state index is 13.0.